The molecule has 0 aromatic carbocycles. The fourth-order valence-electron chi connectivity index (χ4n) is 1.03. The van der Waals surface area contributed by atoms with E-state index in [2.05, 4.69) is 43.8 Å². The fourth-order valence-corrected chi connectivity index (χ4v) is 1.46. The minimum absolute atomic E-state index is 0.486. The van der Waals surface area contributed by atoms with Gasteiger partial charge in [-0.1, -0.05) is 0 Å². The Bertz CT molecular complexity index is 445. The zero-order valence-electron chi connectivity index (χ0n) is 7.20. The van der Waals surface area contributed by atoms with Gasteiger partial charge in [-0.25, -0.2) is 4.98 Å². The van der Waals surface area contributed by atoms with Crippen molar-refractivity contribution in [2.75, 3.05) is 17.6 Å². The number of aromatic nitrogens is 2. The van der Waals surface area contributed by atoms with Crippen LogP contribution in [0.2, 0.25) is 0 Å². The molecule has 0 saturated carbocycles. The van der Waals surface area contributed by atoms with Gasteiger partial charge < -0.3 is 9.73 Å². The molecule has 0 aliphatic carbocycles. The van der Waals surface area contributed by atoms with Crippen LogP contribution < -0.4 is 5.32 Å². The summed E-state index contributed by atoms with van der Waals surface area (Å²) in [6.45, 7) is 0.719. The van der Waals surface area contributed by atoms with Crippen molar-refractivity contribution in [3.63, 3.8) is 0 Å². The fraction of sp³-hybridized carbons (Fsp3) is 0.250. The van der Waals surface area contributed by atoms with Crippen molar-refractivity contribution in [2.45, 2.75) is 0 Å². The lowest BCUT2D eigenvalue weighted by Crippen LogP contribution is -2.01. The topological polar surface area (TPSA) is 51.0 Å². The van der Waals surface area contributed by atoms with Gasteiger partial charge in [0.15, 0.2) is 5.58 Å². The van der Waals surface area contributed by atoms with Crippen molar-refractivity contribution in [3.8, 4) is 0 Å². The molecule has 0 bridgehead atoms. The summed E-state index contributed by atoms with van der Waals surface area (Å²) in [5, 5.41) is 2.99. The van der Waals surface area contributed by atoms with Crippen LogP contribution in [0.4, 0.5) is 6.01 Å². The van der Waals surface area contributed by atoms with Crippen LogP contribution >= 0.6 is 28.6 Å². The Balaban J connectivity index is 2.32. The van der Waals surface area contributed by atoms with Crippen molar-refractivity contribution in [3.05, 3.63) is 16.7 Å². The van der Waals surface area contributed by atoms with Crippen molar-refractivity contribution in [1.29, 1.82) is 0 Å². The number of oxazole rings is 1. The first-order valence-corrected chi connectivity index (χ1v) is 5.49. The van der Waals surface area contributed by atoms with E-state index < -0.39 is 0 Å². The molecule has 2 heterocycles. The van der Waals surface area contributed by atoms with Crippen molar-refractivity contribution < 1.29 is 4.42 Å². The highest BCUT2D eigenvalue weighted by atomic mass is 79.9. The number of nitrogens with zero attached hydrogens (tertiary/aromatic N) is 2. The summed E-state index contributed by atoms with van der Waals surface area (Å²) >= 11 is 7.39. The molecule has 2 rings (SSSR count). The first kappa shape index (κ1) is 9.79. The Kier molecular flexibility index (Phi) is 2.93. The first-order chi connectivity index (χ1) is 6.79. The number of anilines is 1. The molecule has 0 unspecified atom stereocenters. The van der Waals surface area contributed by atoms with Gasteiger partial charge in [0.05, 0.1) is 0 Å². The van der Waals surface area contributed by atoms with Crippen LogP contribution in [-0.4, -0.2) is 22.3 Å². The highest BCUT2D eigenvalue weighted by Gasteiger charge is 2.05. The summed E-state index contributed by atoms with van der Waals surface area (Å²) in [6, 6.07) is 2.32. The molecule has 6 heteroatoms. The Morgan fingerprint density at radius 3 is 3.21 bits per heavy atom. The van der Waals surface area contributed by atoms with E-state index in [4.69, 9.17) is 4.42 Å². The number of fused-ring (bicyclic) bond motifs is 1. The van der Waals surface area contributed by atoms with Gasteiger partial charge in [-0.3, -0.25) is 0 Å². The SMILES string of the molecule is SCCNc1nc2ncc(Br)cc2o1. The lowest BCUT2D eigenvalue weighted by molar-refractivity contribution is 0.616. The number of hydrogen-bond donors (Lipinski definition) is 2. The monoisotopic (exact) mass is 273 g/mol. The van der Waals surface area contributed by atoms with E-state index >= 15 is 0 Å². The molecule has 2 aromatic heterocycles. The van der Waals surface area contributed by atoms with Crippen LogP contribution in [0.25, 0.3) is 11.2 Å². The molecule has 14 heavy (non-hydrogen) atoms. The normalized spacial score (nSPS) is 10.7. The molecule has 0 fully saturated rings. The van der Waals surface area contributed by atoms with Crippen LogP contribution in [-0.2, 0) is 0 Å². The van der Waals surface area contributed by atoms with Crippen molar-refractivity contribution in [1.82, 2.24) is 9.97 Å². The van der Waals surface area contributed by atoms with Gasteiger partial charge in [-0.15, -0.1) is 0 Å². The minimum atomic E-state index is 0.486. The van der Waals surface area contributed by atoms with E-state index in [1.165, 1.54) is 0 Å². The van der Waals surface area contributed by atoms with Crippen LogP contribution in [0, 0.1) is 0 Å². The molecular formula is C8H8BrN3OS. The number of nitrogens with one attached hydrogen (secondary N) is 1. The van der Waals surface area contributed by atoms with Gasteiger partial charge in [0, 0.05) is 29.0 Å². The third kappa shape index (κ3) is 2.01. The number of pyridine rings is 1. The molecule has 74 valence electrons. The van der Waals surface area contributed by atoms with Crippen LogP contribution in [0.1, 0.15) is 0 Å². The molecule has 0 saturated heterocycles. The molecule has 0 aliphatic heterocycles. The van der Waals surface area contributed by atoms with Gasteiger partial charge in [0.25, 0.3) is 6.01 Å². The second-order valence-electron chi connectivity index (χ2n) is 2.64. The Hall–Kier alpha value is -0.750. The smallest absolute Gasteiger partial charge is 0.297 e. The number of hydrogen-bond acceptors (Lipinski definition) is 5. The number of rotatable bonds is 3. The van der Waals surface area contributed by atoms with Crippen molar-refractivity contribution in [2.24, 2.45) is 0 Å². The average Bonchev–Trinajstić information content (AvgIpc) is 2.56. The molecule has 1 N–H and O–H groups in total. The first-order valence-electron chi connectivity index (χ1n) is 4.06. The van der Waals surface area contributed by atoms with E-state index in [0.717, 1.165) is 16.8 Å². The summed E-state index contributed by atoms with van der Waals surface area (Å²) in [4.78, 5) is 8.25. The second kappa shape index (κ2) is 4.18. The highest BCUT2D eigenvalue weighted by Crippen LogP contribution is 2.20. The lowest BCUT2D eigenvalue weighted by Gasteiger charge is -1.94. The van der Waals surface area contributed by atoms with E-state index in [9.17, 15) is 0 Å². The maximum absolute atomic E-state index is 5.40. The minimum Gasteiger partial charge on any atom is -0.422 e. The summed E-state index contributed by atoms with van der Waals surface area (Å²) < 4.78 is 6.28. The molecular weight excluding hydrogens is 266 g/mol. The summed E-state index contributed by atoms with van der Waals surface area (Å²) in [7, 11) is 0. The van der Waals surface area contributed by atoms with Gasteiger partial charge >= 0.3 is 0 Å². The predicted molar refractivity (Wildman–Crippen MR) is 61.8 cm³/mol. The van der Waals surface area contributed by atoms with E-state index in [1.54, 1.807) is 6.20 Å². The predicted octanol–water partition coefficient (Wildman–Crippen LogP) is 2.33. The van der Waals surface area contributed by atoms with Gasteiger partial charge in [0.2, 0.25) is 5.65 Å². The van der Waals surface area contributed by atoms with Gasteiger partial charge in [-0.05, 0) is 15.9 Å². The van der Waals surface area contributed by atoms with Gasteiger partial charge in [-0.2, -0.15) is 17.6 Å². The van der Waals surface area contributed by atoms with E-state index in [0.29, 0.717) is 17.2 Å². The molecule has 0 amide bonds. The molecule has 0 spiro atoms. The molecule has 0 atom stereocenters. The second-order valence-corrected chi connectivity index (χ2v) is 4.01. The van der Waals surface area contributed by atoms with E-state index in [1.807, 2.05) is 6.07 Å². The average molecular weight is 274 g/mol. The van der Waals surface area contributed by atoms with Crippen LogP contribution in [0.5, 0.6) is 0 Å². The zero-order chi connectivity index (χ0) is 9.97. The molecule has 0 radical (unpaired) electrons. The summed E-state index contributed by atoms with van der Waals surface area (Å²) in [5.74, 6) is 0.732. The van der Waals surface area contributed by atoms with Crippen LogP contribution in [0.15, 0.2) is 21.2 Å². The Labute approximate surface area is 94.6 Å². The maximum atomic E-state index is 5.40. The lowest BCUT2D eigenvalue weighted by atomic mass is 10.5. The summed E-state index contributed by atoms with van der Waals surface area (Å²) in [6.07, 6.45) is 1.69. The van der Waals surface area contributed by atoms with Crippen molar-refractivity contribution >= 4 is 45.8 Å². The number of halogens is 1. The largest absolute Gasteiger partial charge is 0.422 e. The summed E-state index contributed by atoms with van der Waals surface area (Å²) in [5.41, 5.74) is 1.27. The Morgan fingerprint density at radius 2 is 2.43 bits per heavy atom. The Morgan fingerprint density at radius 1 is 1.57 bits per heavy atom. The number of thiol groups is 1. The van der Waals surface area contributed by atoms with E-state index in [-0.39, 0.29) is 0 Å². The van der Waals surface area contributed by atoms with Gasteiger partial charge in [0.1, 0.15) is 0 Å². The highest BCUT2D eigenvalue weighted by molar-refractivity contribution is 9.10. The maximum Gasteiger partial charge on any atom is 0.297 e. The molecule has 0 aliphatic rings. The van der Waals surface area contributed by atoms with Crippen LogP contribution in [0.3, 0.4) is 0 Å². The zero-order valence-corrected chi connectivity index (χ0v) is 9.68. The standard InChI is InChI=1S/C8H8BrN3OS/c9-5-3-6-7(11-4-5)12-8(13-6)10-1-2-14/h3-4,14H,1-2H2,(H,10,11,12). The quantitative estimate of drug-likeness (QED) is 0.843. The third-order valence-electron chi connectivity index (χ3n) is 1.60. The third-order valence-corrected chi connectivity index (χ3v) is 2.26. The molecule has 2 aromatic rings. The molecule has 4 nitrogen and oxygen atoms in total.